The lowest BCUT2D eigenvalue weighted by Crippen LogP contribution is -1.87. The lowest BCUT2D eigenvalue weighted by Gasteiger charge is -1.96. The maximum Gasteiger partial charge on any atom is 0.0589 e. The SMILES string of the molecule is C1#Cc2ccncc2C#Cc2ccc(cc2)C#Cc2cnccc2C#CC#Cc2ccncc2C#Cc2ccc(cc2)C#Cc2cnccc2C#C1. The third kappa shape index (κ3) is 8.51. The molecule has 4 heterocycles. The van der Waals surface area contributed by atoms with Crippen molar-refractivity contribution in [1.82, 2.24) is 19.9 Å². The largest absolute Gasteiger partial charge is 0.263 e. The second-order valence-electron chi connectivity index (χ2n) is 10.8. The van der Waals surface area contributed by atoms with Gasteiger partial charge in [0.25, 0.3) is 0 Å². The molecule has 0 aliphatic heterocycles. The van der Waals surface area contributed by atoms with Crippen molar-refractivity contribution in [2.45, 2.75) is 0 Å². The molecular formula is C48H20N4. The average Bonchev–Trinajstić information content (AvgIpc) is 3.20. The Labute approximate surface area is 302 Å². The summed E-state index contributed by atoms with van der Waals surface area (Å²) in [4.78, 5) is 16.9. The van der Waals surface area contributed by atoms with Gasteiger partial charge in [0, 0.05) is 94.1 Å². The van der Waals surface area contributed by atoms with E-state index in [2.05, 4.69) is 115 Å². The van der Waals surface area contributed by atoms with Gasteiger partial charge in [-0.15, -0.1) is 0 Å². The van der Waals surface area contributed by atoms with Crippen molar-refractivity contribution >= 4 is 0 Å². The minimum absolute atomic E-state index is 0.704. The van der Waals surface area contributed by atoms with E-state index in [1.165, 1.54) is 0 Å². The average molecular weight is 653 g/mol. The highest BCUT2D eigenvalue weighted by Gasteiger charge is 2.00. The molecule has 4 nitrogen and oxygen atoms in total. The molecule has 0 saturated carbocycles. The number of benzene rings is 2. The van der Waals surface area contributed by atoms with Crippen LogP contribution in [0.2, 0.25) is 0 Å². The summed E-state index contributed by atoms with van der Waals surface area (Å²) < 4.78 is 0. The second kappa shape index (κ2) is 16.1. The van der Waals surface area contributed by atoms with Gasteiger partial charge in [0.1, 0.15) is 0 Å². The Balaban J connectivity index is 1.27. The fraction of sp³-hybridized carbons (Fsp3) is 0. The fourth-order valence-corrected chi connectivity index (χ4v) is 4.64. The number of rotatable bonds is 0. The van der Waals surface area contributed by atoms with E-state index in [-0.39, 0.29) is 0 Å². The molecule has 0 unspecified atom stereocenters. The first kappa shape index (κ1) is 32.1. The highest BCUT2D eigenvalue weighted by Crippen LogP contribution is 2.10. The molecule has 52 heavy (non-hydrogen) atoms. The van der Waals surface area contributed by atoms with Crippen LogP contribution in [-0.2, 0) is 0 Å². The first-order valence-electron chi connectivity index (χ1n) is 15.9. The van der Waals surface area contributed by atoms with Gasteiger partial charge in [-0.2, -0.15) is 0 Å². The molecule has 4 aliphatic carbocycles. The minimum atomic E-state index is 0.704. The van der Waals surface area contributed by atoms with E-state index < -0.39 is 0 Å². The second-order valence-corrected chi connectivity index (χ2v) is 10.8. The lowest BCUT2D eigenvalue weighted by atomic mass is 10.1. The molecule has 0 N–H and O–H groups in total. The Hall–Kier alpha value is -8.48. The van der Waals surface area contributed by atoms with Crippen LogP contribution in [0.1, 0.15) is 66.8 Å². The molecule has 0 amide bonds. The summed E-state index contributed by atoms with van der Waals surface area (Å²) in [5, 5.41) is 0. The molecular weight excluding hydrogens is 633 g/mol. The van der Waals surface area contributed by atoms with E-state index in [4.69, 9.17) is 0 Å². The van der Waals surface area contributed by atoms with Gasteiger partial charge in [-0.05, 0) is 96.5 Å². The molecule has 10 rings (SSSR count). The van der Waals surface area contributed by atoms with Gasteiger partial charge in [0.05, 0.1) is 22.3 Å². The molecule has 0 saturated heterocycles. The van der Waals surface area contributed by atoms with Crippen molar-refractivity contribution < 1.29 is 0 Å². The first-order valence-corrected chi connectivity index (χ1v) is 15.9. The Bertz CT molecular complexity index is 2470. The Morgan fingerprint density at radius 3 is 0.692 bits per heavy atom. The summed E-state index contributed by atoms with van der Waals surface area (Å²) in [6.07, 6.45) is 13.5. The monoisotopic (exact) mass is 652 g/mol. The van der Waals surface area contributed by atoms with Crippen molar-refractivity contribution in [2.24, 2.45) is 0 Å². The van der Waals surface area contributed by atoms with Gasteiger partial charge in [-0.3, -0.25) is 19.9 Å². The van der Waals surface area contributed by atoms with Gasteiger partial charge < -0.3 is 0 Å². The summed E-state index contributed by atoms with van der Waals surface area (Å²) in [7, 11) is 0. The highest BCUT2D eigenvalue weighted by atomic mass is 14.6. The lowest BCUT2D eigenvalue weighted by molar-refractivity contribution is 1.30. The molecule has 4 heteroatoms. The Kier molecular flexibility index (Phi) is 9.92. The fourth-order valence-electron chi connectivity index (χ4n) is 4.64. The molecule has 0 fully saturated rings. The van der Waals surface area contributed by atoms with Crippen LogP contribution in [0.5, 0.6) is 0 Å². The predicted molar refractivity (Wildman–Crippen MR) is 201 cm³/mol. The van der Waals surface area contributed by atoms with E-state index in [9.17, 15) is 0 Å². The minimum Gasteiger partial charge on any atom is -0.263 e. The summed E-state index contributed by atoms with van der Waals surface area (Å²) in [5.74, 6) is 49.8. The molecule has 4 aromatic heterocycles. The van der Waals surface area contributed by atoms with Crippen LogP contribution in [0, 0.1) is 94.7 Å². The Morgan fingerprint density at radius 1 is 0.231 bits per heavy atom. The number of pyridine rings is 4. The predicted octanol–water partition coefficient (Wildman–Crippen LogP) is 5.99. The topological polar surface area (TPSA) is 51.6 Å². The summed E-state index contributed by atoms with van der Waals surface area (Å²) >= 11 is 0. The molecule has 232 valence electrons. The third-order valence-corrected chi connectivity index (χ3v) is 7.33. The van der Waals surface area contributed by atoms with Crippen molar-refractivity contribution in [2.75, 3.05) is 0 Å². The van der Waals surface area contributed by atoms with Crippen molar-refractivity contribution in [1.29, 1.82) is 0 Å². The van der Waals surface area contributed by atoms with Crippen LogP contribution in [0.15, 0.2) is 122 Å². The van der Waals surface area contributed by atoms with Gasteiger partial charge in [0.15, 0.2) is 0 Å². The summed E-state index contributed by atoms with van der Waals surface area (Å²) in [5.41, 5.74) is 9.06. The maximum absolute atomic E-state index is 4.24. The van der Waals surface area contributed by atoms with E-state index in [0.717, 1.165) is 44.5 Å². The van der Waals surface area contributed by atoms with Crippen LogP contribution < -0.4 is 0 Å². The quantitative estimate of drug-likeness (QED) is 0.190. The molecule has 4 aliphatic rings. The molecule has 0 spiro atoms. The number of aromatic nitrogens is 4. The number of nitrogens with zero attached hydrogens (tertiary/aromatic N) is 4. The van der Waals surface area contributed by atoms with E-state index >= 15 is 0 Å². The van der Waals surface area contributed by atoms with Crippen LogP contribution in [-0.4, -0.2) is 19.9 Å². The maximum atomic E-state index is 4.24. The highest BCUT2D eigenvalue weighted by molar-refractivity contribution is 5.58. The van der Waals surface area contributed by atoms with E-state index in [1.807, 2.05) is 72.8 Å². The standard InChI is InChI=1S/C48H20N4/c1-2-6-42-26-30-50-34-46(42)22-18-38-13-15-40(16-14-38)20-24-48-36-52-32-28-44(48)8-4-3-7-43-27-31-51-35-47(43)23-19-39-11-9-37(10-12-39)17-21-45-33-49-29-25-41(45)5-1/h9-16,25-36H. The molecule has 0 atom stereocenters. The first-order chi connectivity index (χ1) is 25.8. The van der Waals surface area contributed by atoms with Crippen molar-refractivity contribution in [3.63, 3.8) is 0 Å². The normalized spacial score (nSPS) is 10.3. The van der Waals surface area contributed by atoms with Gasteiger partial charge in [-0.1, -0.05) is 71.0 Å². The van der Waals surface area contributed by atoms with Crippen molar-refractivity contribution in [3.05, 3.63) is 189 Å². The number of hydrogen-bond donors (Lipinski definition) is 0. The summed E-state index contributed by atoms with van der Waals surface area (Å²) in [6, 6.07) is 22.7. The van der Waals surface area contributed by atoms with E-state index in [1.54, 1.807) is 49.6 Å². The zero-order chi connectivity index (χ0) is 35.2. The third-order valence-electron chi connectivity index (χ3n) is 7.33. The van der Waals surface area contributed by atoms with Crippen molar-refractivity contribution in [3.8, 4) is 94.7 Å². The molecule has 0 radical (unpaired) electrons. The van der Waals surface area contributed by atoms with Crippen LogP contribution in [0.3, 0.4) is 0 Å². The van der Waals surface area contributed by atoms with Gasteiger partial charge in [0.2, 0.25) is 0 Å². The Morgan fingerprint density at radius 2 is 0.462 bits per heavy atom. The zero-order valence-electron chi connectivity index (χ0n) is 27.3. The number of hydrogen-bond acceptors (Lipinski definition) is 4. The van der Waals surface area contributed by atoms with Gasteiger partial charge in [-0.25, -0.2) is 0 Å². The molecule has 6 aromatic rings. The smallest absolute Gasteiger partial charge is 0.0589 e. The van der Waals surface area contributed by atoms with Crippen LogP contribution in [0.25, 0.3) is 0 Å². The van der Waals surface area contributed by atoms with E-state index in [0.29, 0.717) is 22.3 Å². The zero-order valence-corrected chi connectivity index (χ0v) is 27.3. The molecule has 2 aromatic carbocycles. The molecule has 4 bridgehead atoms. The summed E-state index contributed by atoms with van der Waals surface area (Å²) in [6.45, 7) is 0. The van der Waals surface area contributed by atoms with Gasteiger partial charge >= 0.3 is 0 Å². The van der Waals surface area contributed by atoms with Crippen LogP contribution in [0.4, 0.5) is 0 Å². The van der Waals surface area contributed by atoms with Crippen LogP contribution >= 0.6 is 0 Å².